The Hall–Kier alpha value is -1.38. The van der Waals surface area contributed by atoms with Gasteiger partial charge < -0.3 is 4.74 Å². The molecule has 2 aromatic rings. The minimum Gasteiger partial charge on any atom is -0.496 e. The van der Waals surface area contributed by atoms with Crippen molar-refractivity contribution in [3.05, 3.63) is 64.7 Å². The van der Waals surface area contributed by atoms with E-state index in [0.29, 0.717) is 0 Å². The maximum Gasteiger partial charge on any atom is 0.122 e. The SMILES string of the molecule is COc1ccccc1CC(=S)Cc1cccc(Cl)c1. The minimum atomic E-state index is 0.742. The highest BCUT2D eigenvalue weighted by atomic mass is 35.5. The van der Waals surface area contributed by atoms with Gasteiger partial charge in [0, 0.05) is 22.7 Å². The standard InChI is InChI=1S/C16H15ClOS/c1-18-16-8-3-2-6-13(16)11-15(19)10-12-5-4-7-14(17)9-12/h2-9H,10-11H2,1H3. The van der Waals surface area contributed by atoms with Crippen molar-refractivity contribution in [3.8, 4) is 5.75 Å². The van der Waals surface area contributed by atoms with Gasteiger partial charge in [0.15, 0.2) is 0 Å². The molecule has 0 aliphatic rings. The van der Waals surface area contributed by atoms with Crippen LogP contribution in [0.5, 0.6) is 5.75 Å². The second-order valence-corrected chi connectivity index (χ2v) is 5.35. The Balaban J connectivity index is 2.05. The van der Waals surface area contributed by atoms with Crippen molar-refractivity contribution in [1.82, 2.24) is 0 Å². The summed E-state index contributed by atoms with van der Waals surface area (Å²) in [6, 6.07) is 15.8. The minimum absolute atomic E-state index is 0.742. The molecule has 0 aliphatic carbocycles. The van der Waals surface area contributed by atoms with Gasteiger partial charge in [0.1, 0.15) is 5.75 Å². The van der Waals surface area contributed by atoms with Crippen molar-refractivity contribution >= 4 is 28.7 Å². The van der Waals surface area contributed by atoms with Crippen LogP contribution in [0.25, 0.3) is 0 Å². The number of hydrogen-bond donors (Lipinski definition) is 0. The number of halogens is 1. The number of ether oxygens (including phenoxy) is 1. The summed E-state index contributed by atoms with van der Waals surface area (Å²) in [5, 5.41) is 0.748. The lowest BCUT2D eigenvalue weighted by Crippen LogP contribution is -2.05. The topological polar surface area (TPSA) is 9.23 Å². The molecule has 0 bridgehead atoms. The normalized spacial score (nSPS) is 10.2. The number of thiocarbonyl (C=S) groups is 1. The molecule has 98 valence electrons. The number of rotatable bonds is 5. The Morgan fingerprint density at radius 1 is 1.11 bits per heavy atom. The Labute approximate surface area is 124 Å². The van der Waals surface area contributed by atoms with E-state index in [0.717, 1.165) is 39.6 Å². The van der Waals surface area contributed by atoms with E-state index in [1.54, 1.807) is 7.11 Å². The van der Waals surface area contributed by atoms with Gasteiger partial charge in [-0.1, -0.05) is 54.2 Å². The number of para-hydroxylation sites is 1. The van der Waals surface area contributed by atoms with Crippen LogP contribution in [0, 0.1) is 0 Å². The zero-order chi connectivity index (χ0) is 13.7. The van der Waals surface area contributed by atoms with Crippen molar-refractivity contribution in [1.29, 1.82) is 0 Å². The highest BCUT2D eigenvalue weighted by Gasteiger charge is 2.06. The summed E-state index contributed by atoms with van der Waals surface area (Å²) in [7, 11) is 1.68. The van der Waals surface area contributed by atoms with Gasteiger partial charge in [-0.3, -0.25) is 0 Å². The third kappa shape index (κ3) is 4.05. The van der Waals surface area contributed by atoms with Crippen LogP contribution < -0.4 is 4.74 Å². The van der Waals surface area contributed by atoms with E-state index in [4.69, 9.17) is 28.6 Å². The smallest absolute Gasteiger partial charge is 0.122 e. The number of benzene rings is 2. The zero-order valence-corrected chi connectivity index (χ0v) is 12.3. The Morgan fingerprint density at radius 3 is 2.63 bits per heavy atom. The molecule has 19 heavy (non-hydrogen) atoms. The molecule has 2 rings (SSSR count). The quantitative estimate of drug-likeness (QED) is 0.750. The lowest BCUT2D eigenvalue weighted by molar-refractivity contribution is 0.411. The summed E-state index contributed by atoms with van der Waals surface area (Å²) in [5.41, 5.74) is 2.27. The highest BCUT2D eigenvalue weighted by Crippen LogP contribution is 2.19. The summed E-state index contributed by atoms with van der Waals surface area (Å²) in [5.74, 6) is 0.885. The van der Waals surface area contributed by atoms with Gasteiger partial charge in [0.2, 0.25) is 0 Å². The van der Waals surface area contributed by atoms with Crippen LogP contribution in [0.4, 0.5) is 0 Å². The molecule has 0 aliphatic heterocycles. The first-order chi connectivity index (χ1) is 9.19. The first-order valence-corrected chi connectivity index (χ1v) is 6.85. The Kier molecular flexibility index (Phi) is 4.94. The van der Waals surface area contributed by atoms with Crippen molar-refractivity contribution in [2.24, 2.45) is 0 Å². The molecule has 0 unspecified atom stereocenters. The number of methoxy groups -OCH3 is 1. The lowest BCUT2D eigenvalue weighted by atomic mass is 10.0. The molecule has 2 aromatic carbocycles. The fourth-order valence-electron chi connectivity index (χ4n) is 2.00. The maximum atomic E-state index is 5.97. The van der Waals surface area contributed by atoms with Crippen molar-refractivity contribution in [3.63, 3.8) is 0 Å². The van der Waals surface area contributed by atoms with Gasteiger partial charge in [0.05, 0.1) is 7.11 Å². The largest absolute Gasteiger partial charge is 0.496 e. The average molecular weight is 291 g/mol. The van der Waals surface area contributed by atoms with Crippen LogP contribution in [0.3, 0.4) is 0 Å². The van der Waals surface area contributed by atoms with Crippen LogP contribution in [0.2, 0.25) is 5.02 Å². The molecule has 3 heteroatoms. The van der Waals surface area contributed by atoms with E-state index in [-0.39, 0.29) is 0 Å². The molecule has 0 saturated carbocycles. The van der Waals surface area contributed by atoms with E-state index < -0.39 is 0 Å². The first-order valence-electron chi connectivity index (χ1n) is 6.07. The molecule has 0 saturated heterocycles. The lowest BCUT2D eigenvalue weighted by Gasteiger charge is -2.09. The second-order valence-electron chi connectivity index (χ2n) is 4.33. The van der Waals surface area contributed by atoms with Crippen LogP contribution in [0.1, 0.15) is 11.1 Å². The van der Waals surface area contributed by atoms with Crippen molar-refractivity contribution in [2.45, 2.75) is 12.8 Å². The van der Waals surface area contributed by atoms with E-state index in [2.05, 4.69) is 0 Å². The molecular formula is C16H15ClOS. The summed E-state index contributed by atoms with van der Waals surface area (Å²) in [4.78, 5) is 0.978. The molecule has 0 aromatic heterocycles. The summed E-state index contributed by atoms with van der Waals surface area (Å²) in [6.07, 6.45) is 1.50. The zero-order valence-electron chi connectivity index (χ0n) is 10.7. The molecule has 0 fully saturated rings. The molecule has 0 N–H and O–H groups in total. The van der Waals surface area contributed by atoms with E-state index >= 15 is 0 Å². The molecule has 0 atom stereocenters. The van der Waals surface area contributed by atoms with Crippen LogP contribution >= 0.6 is 23.8 Å². The molecule has 1 nitrogen and oxygen atoms in total. The third-order valence-corrected chi connectivity index (χ3v) is 3.39. The van der Waals surface area contributed by atoms with Gasteiger partial charge in [-0.05, 0) is 29.3 Å². The van der Waals surface area contributed by atoms with Gasteiger partial charge in [-0.15, -0.1) is 0 Å². The van der Waals surface area contributed by atoms with E-state index in [9.17, 15) is 0 Å². The van der Waals surface area contributed by atoms with Gasteiger partial charge >= 0.3 is 0 Å². The summed E-state index contributed by atoms with van der Waals surface area (Å²) < 4.78 is 5.33. The highest BCUT2D eigenvalue weighted by molar-refractivity contribution is 7.80. The number of hydrogen-bond acceptors (Lipinski definition) is 2. The summed E-state index contributed by atoms with van der Waals surface area (Å²) >= 11 is 11.4. The molecule has 0 heterocycles. The van der Waals surface area contributed by atoms with Crippen LogP contribution in [0.15, 0.2) is 48.5 Å². The Bertz CT molecular complexity index is 580. The summed E-state index contributed by atoms with van der Waals surface area (Å²) in [6.45, 7) is 0. The molecule has 0 spiro atoms. The monoisotopic (exact) mass is 290 g/mol. The molecular weight excluding hydrogens is 276 g/mol. The first kappa shape index (κ1) is 14.0. The predicted octanol–water partition coefficient (Wildman–Crippen LogP) is 4.50. The van der Waals surface area contributed by atoms with Crippen LogP contribution in [-0.4, -0.2) is 12.0 Å². The van der Waals surface area contributed by atoms with E-state index in [1.807, 2.05) is 48.5 Å². The molecule has 0 radical (unpaired) electrons. The van der Waals surface area contributed by atoms with Crippen molar-refractivity contribution < 1.29 is 4.74 Å². The van der Waals surface area contributed by atoms with E-state index in [1.165, 1.54) is 0 Å². The van der Waals surface area contributed by atoms with Gasteiger partial charge in [-0.2, -0.15) is 0 Å². The maximum absolute atomic E-state index is 5.97. The average Bonchev–Trinajstić information content (AvgIpc) is 2.39. The van der Waals surface area contributed by atoms with Crippen LogP contribution in [-0.2, 0) is 12.8 Å². The fourth-order valence-corrected chi connectivity index (χ4v) is 2.53. The second kappa shape index (κ2) is 6.69. The fraction of sp³-hybridized carbons (Fsp3) is 0.188. The predicted molar refractivity (Wildman–Crippen MR) is 84.5 cm³/mol. The third-order valence-electron chi connectivity index (χ3n) is 2.87. The van der Waals surface area contributed by atoms with Crippen molar-refractivity contribution in [2.75, 3.05) is 7.11 Å². The van der Waals surface area contributed by atoms with Gasteiger partial charge in [-0.25, -0.2) is 0 Å². The molecule has 0 amide bonds. The van der Waals surface area contributed by atoms with Gasteiger partial charge in [0.25, 0.3) is 0 Å². The Morgan fingerprint density at radius 2 is 1.89 bits per heavy atom.